The SMILES string of the molecule is CCc1cc2c(SCC(=O)NC3CCCCCC3)nc(C)nc2s1. The zero-order valence-electron chi connectivity index (χ0n) is 14.4. The van der Waals surface area contributed by atoms with E-state index in [-0.39, 0.29) is 5.91 Å². The fourth-order valence-corrected chi connectivity index (χ4v) is 5.09. The van der Waals surface area contributed by atoms with Gasteiger partial charge in [0.25, 0.3) is 0 Å². The van der Waals surface area contributed by atoms with Gasteiger partial charge in [-0.25, -0.2) is 9.97 Å². The predicted molar refractivity (Wildman–Crippen MR) is 102 cm³/mol. The van der Waals surface area contributed by atoms with Gasteiger partial charge >= 0.3 is 0 Å². The Labute approximate surface area is 151 Å². The zero-order chi connectivity index (χ0) is 16.9. The smallest absolute Gasteiger partial charge is 0.230 e. The Morgan fingerprint density at radius 1 is 1.29 bits per heavy atom. The first-order valence-electron chi connectivity index (χ1n) is 8.85. The molecule has 2 aromatic heterocycles. The van der Waals surface area contributed by atoms with Crippen LogP contribution in [0.15, 0.2) is 11.1 Å². The predicted octanol–water partition coefficient (Wildman–Crippen LogP) is 4.49. The van der Waals surface area contributed by atoms with E-state index in [1.54, 1.807) is 11.3 Å². The summed E-state index contributed by atoms with van der Waals surface area (Å²) < 4.78 is 0. The molecule has 1 saturated carbocycles. The van der Waals surface area contributed by atoms with Crippen LogP contribution in [0.4, 0.5) is 0 Å². The molecule has 3 rings (SSSR count). The molecule has 1 fully saturated rings. The highest BCUT2D eigenvalue weighted by Crippen LogP contribution is 2.31. The second-order valence-corrected chi connectivity index (χ2v) is 8.48. The summed E-state index contributed by atoms with van der Waals surface area (Å²) in [5, 5.41) is 5.23. The third-order valence-electron chi connectivity index (χ3n) is 4.43. The Kier molecular flexibility index (Phi) is 6.11. The lowest BCUT2D eigenvalue weighted by atomic mass is 10.1. The number of carbonyl (C=O) groups excluding carboxylic acids is 1. The highest BCUT2D eigenvalue weighted by molar-refractivity contribution is 8.00. The molecule has 0 spiro atoms. The van der Waals surface area contributed by atoms with Gasteiger partial charge in [0.05, 0.1) is 5.75 Å². The van der Waals surface area contributed by atoms with Crippen molar-refractivity contribution in [3.05, 3.63) is 16.8 Å². The van der Waals surface area contributed by atoms with Gasteiger partial charge in [0.15, 0.2) is 0 Å². The van der Waals surface area contributed by atoms with Crippen LogP contribution in [0, 0.1) is 6.92 Å². The summed E-state index contributed by atoms with van der Waals surface area (Å²) in [6, 6.07) is 2.53. The summed E-state index contributed by atoms with van der Waals surface area (Å²) in [5.74, 6) is 1.33. The summed E-state index contributed by atoms with van der Waals surface area (Å²) >= 11 is 3.26. The molecular weight excluding hydrogens is 338 g/mol. The molecule has 0 aliphatic heterocycles. The first-order chi connectivity index (χ1) is 11.7. The molecule has 1 aliphatic rings. The average Bonchev–Trinajstić information content (AvgIpc) is 2.81. The normalized spacial score (nSPS) is 16.2. The van der Waals surface area contributed by atoms with Gasteiger partial charge in [-0.05, 0) is 32.3 Å². The van der Waals surface area contributed by atoms with Crippen molar-refractivity contribution < 1.29 is 4.79 Å². The van der Waals surface area contributed by atoms with Crippen molar-refractivity contribution in [2.45, 2.75) is 69.9 Å². The van der Waals surface area contributed by atoms with Gasteiger partial charge in [-0.15, -0.1) is 11.3 Å². The van der Waals surface area contributed by atoms with Gasteiger partial charge < -0.3 is 5.32 Å². The summed E-state index contributed by atoms with van der Waals surface area (Å²) in [5.41, 5.74) is 0. The molecule has 0 bridgehead atoms. The topological polar surface area (TPSA) is 54.9 Å². The maximum Gasteiger partial charge on any atom is 0.230 e. The largest absolute Gasteiger partial charge is 0.353 e. The van der Waals surface area contributed by atoms with E-state index in [1.807, 2.05) is 6.92 Å². The van der Waals surface area contributed by atoms with Crippen LogP contribution in [0.5, 0.6) is 0 Å². The van der Waals surface area contributed by atoms with E-state index in [9.17, 15) is 4.79 Å². The van der Waals surface area contributed by atoms with Crippen LogP contribution in [0.2, 0.25) is 0 Å². The lowest BCUT2D eigenvalue weighted by Gasteiger charge is -2.16. The molecule has 1 amide bonds. The van der Waals surface area contributed by atoms with E-state index in [4.69, 9.17) is 0 Å². The molecule has 0 unspecified atom stereocenters. The third-order valence-corrected chi connectivity index (χ3v) is 6.59. The Morgan fingerprint density at radius 3 is 2.75 bits per heavy atom. The van der Waals surface area contributed by atoms with Crippen LogP contribution in [0.3, 0.4) is 0 Å². The van der Waals surface area contributed by atoms with Gasteiger partial charge in [-0.1, -0.05) is 44.4 Å². The monoisotopic (exact) mass is 363 g/mol. The molecule has 0 aromatic carbocycles. The molecule has 24 heavy (non-hydrogen) atoms. The second-order valence-electron chi connectivity index (χ2n) is 6.41. The van der Waals surface area contributed by atoms with Crippen LogP contribution in [0.1, 0.15) is 56.2 Å². The Morgan fingerprint density at radius 2 is 2.04 bits per heavy atom. The lowest BCUT2D eigenvalue weighted by Crippen LogP contribution is -2.35. The zero-order valence-corrected chi connectivity index (χ0v) is 16.1. The number of rotatable bonds is 5. The Hall–Kier alpha value is -1.14. The number of carbonyl (C=O) groups is 1. The van der Waals surface area contributed by atoms with Crippen molar-refractivity contribution in [3.8, 4) is 0 Å². The van der Waals surface area contributed by atoms with Crippen molar-refractivity contribution in [2.24, 2.45) is 0 Å². The molecule has 2 heterocycles. The van der Waals surface area contributed by atoms with Gasteiger partial charge in [0, 0.05) is 16.3 Å². The number of fused-ring (bicyclic) bond motifs is 1. The van der Waals surface area contributed by atoms with Crippen molar-refractivity contribution in [1.29, 1.82) is 0 Å². The summed E-state index contributed by atoms with van der Waals surface area (Å²) in [7, 11) is 0. The van der Waals surface area contributed by atoms with Gasteiger partial charge in [0.2, 0.25) is 5.91 Å². The number of aryl methyl sites for hydroxylation is 2. The van der Waals surface area contributed by atoms with E-state index in [2.05, 4.69) is 28.3 Å². The lowest BCUT2D eigenvalue weighted by molar-refractivity contribution is -0.119. The summed E-state index contributed by atoms with van der Waals surface area (Å²) in [4.78, 5) is 23.7. The van der Waals surface area contributed by atoms with E-state index >= 15 is 0 Å². The van der Waals surface area contributed by atoms with Crippen LogP contribution < -0.4 is 5.32 Å². The number of hydrogen-bond donors (Lipinski definition) is 1. The number of thioether (sulfide) groups is 1. The van der Waals surface area contributed by atoms with Crippen LogP contribution >= 0.6 is 23.1 Å². The molecule has 130 valence electrons. The van der Waals surface area contributed by atoms with E-state index in [0.717, 1.165) is 40.3 Å². The third kappa shape index (κ3) is 4.48. The molecule has 4 nitrogen and oxygen atoms in total. The number of hydrogen-bond acceptors (Lipinski definition) is 5. The standard InChI is InChI=1S/C18H25N3OS2/c1-3-14-10-15-17(19-12(2)20-18(15)24-14)23-11-16(22)21-13-8-6-4-5-7-9-13/h10,13H,3-9,11H2,1-2H3,(H,21,22). The molecule has 0 radical (unpaired) electrons. The maximum absolute atomic E-state index is 12.3. The maximum atomic E-state index is 12.3. The summed E-state index contributed by atoms with van der Waals surface area (Å²) in [6.45, 7) is 4.07. The Balaban J connectivity index is 1.64. The van der Waals surface area contributed by atoms with Gasteiger partial charge in [-0.3, -0.25) is 4.79 Å². The van der Waals surface area contributed by atoms with E-state index in [1.165, 1.54) is 42.3 Å². The molecule has 0 saturated heterocycles. The van der Waals surface area contributed by atoms with Crippen LogP contribution in [0.25, 0.3) is 10.2 Å². The van der Waals surface area contributed by atoms with E-state index < -0.39 is 0 Å². The molecule has 1 aliphatic carbocycles. The van der Waals surface area contributed by atoms with Crippen LogP contribution in [-0.2, 0) is 11.2 Å². The highest BCUT2D eigenvalue weighted by atomic mass is 32.2. The molecule has 6 heteroatoms. The van der Waals surface area contributed by atoms with Gasteiger partial charge in [-0.2, -0.15) is 0 Å². The van der Waals surface area contributed by atoms with Crippen molar-refractivity contribution in [2.75, 3.05) is 5.75 Å². The van der Waals surface area contributed by atoms with E-state index in [0.29, 0.717) is 11.8 Å². The van der Waals surface area contributed by atoms with Crippen molar-refractivity contribution >= 4 is 39.2 Å². The minimum atomic E-state index is 0.127. The number of nitrogens with one attached hydrogen (secondary N) is 1. The minimum absolute atomic E-state index is 0.127. The number of nitrogens with zero attached hydrogens (tertiary/aromatic N) is 2. The first kappa shape index (κ1) is 17.7. The van der Waals surface area contributed by atoms with Crippen LogP contribution in [-0.4, -0.2) is 27.7 Å². The molecule has 1 N–H and O–H groups in total. The first-order valence-corrected chi connectivity index (χ1v) is 10.6. The average molecular weight is 364 g/mol. The van der Waals surface area contributed by atoms with Gasteiger partial charge in [0.1, 0.15) is 15.7 Å². The molecule has 0 atom stereocenters. The highest BCUT2D eigenvalue weighted by Gasteiger charge is 2.16. The number of aromatic nitrogens is 2. The van der Waals surface area contributed by atoms with Crippen molar-refractivity contribution in [1.82, 2.24) is 15.3 Å². The second kappa shape index (κ2) is 8.30. The quantitative estimate of drug-likeness (QED) is 0.483. The summed E-state index contributed by atoms with van der Waals surface area (Å²) in [6.07, 6.45) is 8.33. The molecular formula is C18H25N3OS2. The minimum Gasteiger partial charge on any atom is -0.353 e. The fourth-order valence-electron chi connectivity index (χ4n) is 3.16. The fraction of sp³-hybridized carbons (Fsp3) is 0.611. The Bertz CT molecular complexity index is 706. The van der Waals surface area contributed by atoms with Crippen molar-refractivity contribution in [3.63, 3.8) is 0 Å². The number of thiophene rings is 1. The molecule has 2 aromatic rings. The number of amides is 1.